The second-order valence-corrected chi connectivity index (χ2v) is 4.06. The summed E-state index contributed by atoms with van der Waals surface area (Å²) in [5.74, 6) is 2.03. The lowest BCUT2D eigenvalue weighted by Crippen LogP contribution is -2.43. The Balaban J connectivity index is 1.96. The highest BCUT2D eigenvalue weighted by Crippen LogP contribution is 2.16. The molecule has 0 atom stereocenters. The molecule has 0 radical (unpaired) electrons. The van der Waals surface area contributed by atoms with Crippen molar-refractivity contribution in [3.63, 3.8) is 0 Å². The molecule has 1 aliphatic rings. The predicted molar refractivity (Wildman–Crippen MR) is 50.7 cm³/mol. The van der Waals surface area contributed by atoms with Crippen LogP contribution in [-0.4, -0.2) is 18.1 Å². The summed E-state index contributed by atoms with van der Waals surface area (Å²) in [4.78, 5) is 4.44. The van der Waals surface area contributed by atoms with Gasteiger partial charge in [0.2, 0.25) is 0 Å². The van der Waals surface area contributed by atoms with Crippen molar-refractivity contribution in [2.24, 2.45) is 5.92 Å². The number of hydrogen-bond donors (Lipinski definition) is 1. The summed E-state index contributed by atoms with van der Waals surface area (Å²) in [6, 6.07) is 0. The highest BCUT2D eigenvalue weighted by Gasteiger charge is 2.19. The first-order chi connectivity index (χ1) is 6.25. The van der Waals surface area contributed by atoms with Gasteiger partial charge in [-0.2, -0.15) is 0 Å². The summed E-state index contributed by atoms with van der Waals surface area (Å²) >= 11 is 0. The second-order valence-electron chi connectivity index (χ2n) is 4.06. The average Bonchev–Trinajstić information content (AvgIpc) is 2.44. The minimum atomic E-state index is 0.397. The second kappa shape index (κ2) is 3.50. The zero-order valence-corrected chi connectivity index (χ0v) is 8.21. The van der Waals surface area contributed by atoms with Crippen LogP contribution in [0.15, 0.2) is 10.7 Å². The Morgan fingerprint density at radius 3 is 2.85 bits per heavy atom. The zero-order valence-electron chi connectivity index (χ0n) is 8.21. The smallest absolute Gasteiger partial charge is 0.196 e. The van der Waals surface area contributed by atoms with E-state index in [-0.39, 0.29) is 0 Å². The van der Waals surface area contributed by atoms with Crippen molar-refractivity contribution in [2.75, 3.05) is 13.1 Å². The van der Waals surface area contributed by atoms with Crippen LogP contribution in [0, 0.1) is 5.92 Å². The lowest BCUT2D eigenvalue weighted by molar-refractivity contribution is 0.344. The van der Waals surface area contributed by atoms with E-state index < -0.39 is 0 Å². The zero-order chi connectivity index (χ0) is 9.26. The molecule has 1 fully saturated rings. The Morgan fingerprint density at radius 1 is 1.62 bits per heavy atom. The molecule has 1 aromatic heterocycles. The first kappa shape index (κ1) is 8.75. The molecule has 0 aliphatic carbocycles. The first-order valence-corrected chi connectivity index (χ1v) is 4.90. The maximum Gasteiger partial charge on any atom is 0.196 e. The minimum absolute atomic E-state index is 0.397. The molecule has 1 aliphatic heterocycles. The van der Waals surface area contributed by atoms with Crippen LogP contribution in [0.3, 0.4) is 0 Å². The van der Waals surface area contributed by atoms with E-state index in [9.17, 15) is 0 Å². The molecule has 2 heterocycles. The quantitative estimate of drug-likeness (QED) is 0.767. The van der Waals surface area contributed by atoms with Gasteiger partial charge < -0.3 is 9.73 Å². The molecule has 0 spiro atoms. The molecular weight excluding hydrogens is 164 g/mol. The van der Waals surface area contributed by atoms with Gasteiger partial charge in [-0.3, -0.25) is 0 Å². The van der Waals surface area contributed by atoms with Gasteiger partial charge in [0.15, 0.2) is 5.89 Å². The van der Waals surface area contributed by atoms with Crippen LogP contribution in [0.2, 0.25) is 0 Å². The molecule has 0 unspecified atom stereocenters. The van der Waals surface area contributed by atoms with Gasteiger partial charge in [-0.05, 0) is 25.4 Å². The Kier molecular flexibility index (Phi) is 2.36. The summed E-state index contributed by atoms with van der Waals surface area (Å²) < 4.78 is 5.36. The van der Waals surface area contributed by atoms with E-state index in [1.165, 1.54) is 0 Å². The third-order valence-corrected chi connectivity index (χ3v) is 2.43. The van der Waals surface area contributed by atoms with Crippen LogP contribution in [0.5, 0.6) is 0 Å². The van der Waals surface area contributed by atoms with Crippen molar-refractivity contribution >= 4 is 0 Å². The molecule has 13 heavy (non-hydrogen) atoms. The average molecular weight is 180 g/mol. The fourth-order valence-corrected chi connectivity index (χ4v) is 1.47. The number of nitrogens with zero attached hydrogens (tertiary/aromatic N) is 1. The van der Waals surface area contributed by atoms with Gasteiger partial charge >= 0.3 is 0 Å². The van der Waals surface area contributed by atoms with Gasteiger partial charge in [-0.1, -0.05) is 13.8 Å². The third-order valence-electron chi connectivity index (χ3n) is 2.43. The highest BCUT2D eigenvalue weighted by molar-refractivity contribution is 5.01. The lowest BCUT2D eigenvalue weighted by atomic mass is 9.98. The van der Waals surface area contributed by atoms with Crippen LogP contribution < -0.4 is 5.32 Å². The van der Waals surface area contributed by atoms with Crippen LogP contribution in [0.4, 0.5) is 0 Å². The van der Waals surface area contributed by atoms with Crippen LogP contribution >= 0.6 is 0 Å². The van der Waals surface area contributed by atoms with E-state index in [4.69, 9.17) is 4.42 Å². The molecule has 3 nitrogen and oxygen atoms in total. The first-order valence-electron chi connectivity index (χ1n) is 4.90. The normalized spacial score (nSPS) is 17.8. The summed E-state index contributed by atoms with van der Waals surface area (Å²) in [6.07, 6.45) is 2.86. The molecule has 0 bridgehead atoms. The van der Waals surface area contributed by atoms with E-state index in [2.05, 4.69) is 24.1 Å². The number of rotatable bonds is 3. The van der Waals surface area contributed by atoms with E-state index in [1.54, 1.807) is 6.26 Å². The number of oxazole rings is 1. The van der Waals surface area contributed by atoms with Gasteiger partial charge in [-0.25, -0.2) is 4.98 Å². The van der Waals surface area contributed by atoms with E-state index in [0.717, 1.165) is 37.0 Å². The van der Waals surface area contributed by atoms with Crippen LogP contribution in [0.25, 0.3) is 0 Å². The van der Waals surface area contributed by atoms with Gasteiger partial charge in [0, 0.05) is 5.92 Å². The number of hydrogen-bond acceptors (Lipinski definition) is 3. The van der Waals surface area contributed by atoms with E-state index in [1.807, 2.05) is 0 Å². The van der Waals surface area contributed by atoms with Gasteiger partial charge in [0.25, 0.3) is 0 Å². The maximum atomic E-state index is 5.36. The number of nitrogens with one attached hydrogen (secondary N) is 1. The van der Waals surface area contributed by atoms with Crippen molar-refractivity contribution in [1.29, 1.82) is 0 Å². The fourth-order valence-electron chi connectivity index (χ4n) is 1.47. The summed E-state index contributed by atoms with van der Waals surface area (Å²) in [5.41, 5.74) is 1.11. The van der Waals surface area contributed by atoms with Gasteiger partial charge in [0.1, 0.15) is 6.26 Å². The van der Waals surface area contributed by atoms with Crippen LogP contribution in [-0.2, 0) is 6.42 Å². The number of aromatic nitrogens is 1. The van der Waals surface area contributed by atoms with Crippen molar-refractivity contribution in [3.05, 3.63) is 17.8 Å². The van der Waals surface area contributed by atoms with Gasteiger partial charge in [-0.15, -0.1) is 0 Å². The topological polar surface area (TPSA) is 38.1 Å². The molecule has 0 amide bonds. The van der Waals surface area contributed by atoms with Crippen molar-refractivity contribution in [3.8, 4) is 0 Å². The molecule has 1 aromatic rings. The third kappa shape index (κ3) is 1.91. The van der Waals surface area contributed by atoms with E-state index >= 15 is 0 Å². The summed E-state index contributed by atoms with van der Waals surface area (Å²) in [5, 5.41) is 3.25. The molecular formula is C10H16N2O. The molecule has 1 N–H and O–H groups in total. The maximum absolute atomic E-state index is 5.36. The Bertz CT molecular complexity index is 276. The molecule has 72 valence electrons. The monoisotopic (exact) mass is 180 g/mol. The molecule has 2 rings (SSSR count). The van der Waals surface area contributed by atoms with Crippen molar-refractivity contribution in [1.82, 2.24) is 10.3 Å². The molecule has 1 saturated heterocycles. The van der Waals surface area contributed by atoms with Crippen LogP contribution in [0.1, 0.15) is 31.4 Å². The summed E-state index contributed by atoms with van der Waals surface area (Å²) in [7, 11) is 0. The highest BCUT2D eigenvalue weighted by atomic mass is 16.3. The molecule has 0 saturated carbocycles. The predicted octanol–water partition coefficient (Wildman–Crippen LogP) is 1.56. The summed E-state index contributed by atoms with van der Waals surface area (Å²) in [6.45, 7) is 6.45. The molecule has 0 aromatic carbocycles. The Hall–Kier alpha value is -0.830. The van der Waals surface area contributed by atoms with Crippen molar-refractivity contribution in [2.45, 2.75) is 26.2 Å². The Labute approximate surface area is 78.5 Å². The molecule has 3 heteroatoms. The van der Waals surface area contributed by atoms with E-state index in [0.29, 0.717) is 5.92 Å². The SMILES string of the molecule is CC(C)c1nc(CC2CNC2)co1. The van der Waals surface area contributed by atoms with Crippen molar-refractivity contribution < 1.29 is 4.42 Å². The largest absolute Gasteiger partial charge is 0.448 e. The minimum Gasteiger partial charge on any atom is -0.448 e. The lowest BCUT2D eigenvalue weighted by Gasteiger charge is -2.25. The fraction of sp³-hybridized carbons (Fsp3) is 0.700. The standard InChI is InChI=1S/C10H16N2O/c1-7(2)10-12-9(6-13-10)3-8-4-11-5-8/h6-8,11H,3-5H2,1-2H3. The van der Waals surface area contributed by atoms with Gasteiger partial charge in [0.05, 0.1) is 5.69 Å². The Morgan fingerprint density at radius 2 is 2.38 bits per heavy atom.